The van der Waals surface area contributed by atoms with Crippen LogP contribution in [0.25, 0.3) is 5.69 Å². The summed E-state index contributed by atoms with van der Waals surface area (Å²) in [6, 6.07) is 10.1. The Morgan fingerprint density at radius 1 is 1.12 bits per heavy atom. The predicted octanol–water partition coefficient (Wildman–Crippen LogP) is 1.81. The van der Waals surface area contributed by atoms with Gasteiger partial charge in [0.15, 0.2) is 5.69 Å². The van der Waals surface area contributed by atoms with E-state index in [1.165, 1.54) is 5.69 Å². The number of amides is 1. The molecular weight excluding hydrogens is 328 g/mol. The highest BCUT2D eigenvalue weighted by Gasteiger charge is 2.25. The smallest absolute Gasteiger partial charge is 0.272 e. The summed E-state index contributed by atoms with van der Waals surface area (Å²) in [5, 5.41) is 7.76. The van der Waals surface area contributed by atoms with Crippen LogP contribution < -0.4 is 5.32 Å². The largest absolute Gasteiger partial charge is 0.379 e. The van der Waals surface area contributed by atoms with Gasteiger partial charge in [0.1, 0.15) is 0 Å². The van der Waals surface area contributed by atoms with Crippen molar-refractivity contribution in [1.82, 2.24) is 20.0 Å². The number of carbonyl (C=O) groups is 1. The monoisotopic (exact) mass is 354 g/mol. The molecule has 0 radical (unpaired) electrons. The molecule has 0 saturated carbocycles. The van der Waals surface area contributed by atoms with Gasteiger partial charge in [-0.2, -0.15) is 5.10 Å². The molecule has 0 atom stereocenters. The van der Waals surface area contributed by atoms with Crippen molar-refractivity contribution in [2.24, 2.45) is 0 Å². The Balaban J connectivity index is 1.48. The van der Waals surface area contributed by atoms with Gasteiger partial charge < -0.3 is 10.1 Å². The first-order valence-corrected chi connectivity index (χ1v) is 9.57. The van der Waals surface area contributed by atoms with Crippen LogP contribution in [-0.4, -0.2) is 60.0 Å². The molecule has 138 valence electrons. The van der Waals surface area contributed by atoms with Gasteiger partial charge in [-0.25, -0.2) is 4.68 Å². The number of carbonyl (C=O) groups excluding carboxylic acids is 1. The van der Waals surface area contributed by atoms with E-state index in [-0.39, 0.29) is 5.91 Å². The van der Waals surface area contributed by atoms with Gasteiger partial charge in [-0.3, -0.25) is 9.69 Å². The summed E-state index contributed by atoms with van der Waals surface area (Å²) in [5.41, 5.74) is 3.95. The number of fused-ring (bicyclic) bond motifs is 1. The molecule has 6 nitrogen and oxygen atoms in total. The quantitative estimate of drug-likeness (QED) is 0.890. The van der Waals surface area contributed by atoms with Crippen LogP contribution in [0, 0.1) is 0 Å². The molecule has 0 spiro atoms. The summed E-state index contributed by atoms with van der Waals surface area (Å²) in [7, 11) is 0. The number of morpholine rings is 1. The van der Waals surface area contributed by atoms with Gasteiger partial charge in [-0.15, -0.1) is 0 Å². The van der Waals surface area contributed by atoms with Gasteiger partial charge in [0, 0.05) is 37.4 Å². The van der Waals surface area contributed by atoms with Crippen LogP contribution in [0.1, 0.15) is 34.6 Å². The summed E-state index contributed by atoms with van der Waals surface area (Å²) in [6.07, 6.45) is 4.21. The van der Waals surface area contributed by atoms with Crippen molar-refractivity contribution in [3.8, 4) is 5.69 Å². The third-order valence-electron chi connectivity index (χ3n) is 5.21. The molecule has 2 heterocycles. The molecule has 2 aliphatic rings. The highest BCUT2D eigenvalue weighted by Crippen LogP contribution is 2.26. The Hall–Kier alpha value is -2.18. The average molecular weight is 354 g/mol. The van der Waals surface area contributed by atoms with Crippen LogP contribution in [0.2, 0.25) is 0 Å². The third-order valence-corrected chi connectivity index (χ3v) is 5.21. The van der Waals surface area contributed by atoms with E-state index >= 15 is 0 Å². The molecule has 6 heteroatoms. The maximum Gasteiger partial charge on any atom is 0.272 e. The van der Waals surface area contributed by atoms with Crippen LogP contribution in [0.5, 0.6) is 0 Å². The maximum atomic E-state index is 12.8. The normalized spacial score (nSPS) is 17.7. The lowest BCUT2D eigenvalue weighted by Crippen LogP contribution is -2.41. The van der Waals surface area contributed by atoms with E-state index in [0.29, 0.717) is 12.2 Å². The summed E-state index contributed by atoms with van der Waals surface area (Å²) >= 11 is 0. The zero-order valence-electron chi connectivity index (χ0n) is 15.1. The molecule has 1 aliphatic heterocycles. The Morgan fingerprint density at radius 3 is 2.69 bits per heavy atom. The first-order chi connectivity index (χ1) is 12.8. The van der Waals surface area contributed by atoms with Gasteiger partial charge in [-0.05, 0) is 37.8 Å². The number of nitrogens with zero attached hydrogens (tertiary/aromatic N) is 3. The van der Waals surface area contributed by atoms with Crippen molar-refractivity contribution in [2.45, 2.75) is 25.7 Å². The van der Waals surface area contributed by atoms with Crippen LogP contribution in [-0.2, 0) is 17.6 Å². The van der Waals surface area contributed by atoms with E-state index in [9.17, 15) is 4.79 Å². The standard InChI is InChI=1S/C20H26N4O2/c25-20(21-10-11-23-12-14-26-15-13-23)19-17-8-4-5-9-18(17)24(22-19)16-6-2-1-3-7-16/h1-3,6-7H,4-5,8-15H2,(H,21,25). The number of para-hydroxylation sites is 1. The van der Waals surface area contributed by atoms with Crippen molar-refractivity contribution in [3.63, 3.8) is 0 Å². The fourth-order valence-corrected chi connectivity index (χ4v) is 3.80. The summed E-state index contributed by atoms with van der Waals surface area (Å²) in [6.45, 7) is 4.94. The van der Waals surface area contributed by atoms with E-state index in [0.717, 1.165) is 69.8 Å². The van der Waals surface area contributed by atoms with E-state index < -0.39 is 0 Å². The molecular formula is C20H26N4O2. The molecule has 2 aromatic rings. The SMILES string of the molecule is O=C(NCCN1CCOCC1)c1nn(-c2ccccc2)c2c1CCCC2. The second kappa shape index (κ2) is 8.01. The predicted molar refractivity (Wildman–Crippen MR) is 99.8 cm³/mol. The van der Waals surface area contributed by atoms with Crippen molar-refractivity contribution in [2.75, 3.05) is 39.4 Å². The second-order valence-electron chi connectivity index (χ2n) is 6.94. The minimum Gasteiger partial charge on any atom is -0.379 e. The summed E-state index contributed by atoms with van der Waals surface area (Å²) in [5.74, 6) is -0.0499. The van der Waals surface area contributed by atoms with Gasteiger partial charge in [0.05, 0.1) is 18.9 Å². The van der Waals surface area contributed by atoms with Crippen molar-refractivity contribution in [3.05, 3.63) is 47.3 Å². The van der Waals surface area contributed by atoms with Gasteiger partial charge in [-0.1, -0.05) is 18.2 Å². The van der Waals surface area contributed by atoms with Crippen molar-refractivity contribution < 1.29 is 9.53 Å². The molecule has 1 saturated heterocycles. The fourth-order valence-electron chi connectivity index (χ4n) is 3.80. The summed E-state index contributed by atoms with van der Waals surface area (Å²) in [4.78, 5) is 15.1. The molecule has 1 aromatic heterocycles. The maximum absolute atomic E-state index is 12.8. The lowest BCUT2D eigenvalue weighted by molar-refractivity contribution is 0.0383. The lowest BCUT2D eigenvalue weighted by atomic mass is 9.95. The number of aromatic nitrogens is 2. The Bertz CT molecular complexity index is 751. The third kappa shape index (κ3) is 3.66. The fraction of sp³-hybridized carbons (Fsp3) is 0.500. The van der Waals surface area contributed by atoms with Crippen LogP contribution in [0.15, 0.2) is 30.3 Å². The zero-order chi connectivity index (χ0) is 17.8. The van der Waals surface area contributed by atoms with Crippen molar-refractivity contribution in [1.29, 1.82) is 0 Å². The topological polar surface area (TPSA) is 59.4 Å². The second-order valence-corrected chi connectivity index (χ2v) is 6.94. The summed E-state index contributed by atoms with van der Waals surface area (Å²) < 4.78 is 7.33. The molecule has 1 N–H and O–H groups in total. The van der Waals surface area contributed by atoms with Crippen molar-refractivity contribution >= 4 is 5.91 Å². The highest BCUT2D eigenvalue weighted by molar-refractivity contribution is 5.94. The molecule has 1 aliphatic carbocycles. The lowest BCUT2D eigenvalue weighted by Gasteiger charge is -2.26. The van der Waals surface area contributed by atoms with Gasteiger partial charge in [0.2, 0.25) is 0 Å². The first kappa shape index (κ1) is 17.2. The van der Waals surface area contributed by atoms with Crippen LogP contribution in [0.4, 0.5) is 0 Å². The minimum absolute atomic E-state index is 0.0499. The molecule has 4 rings (SSSR count). The molecule has 0 unspecified atom stereocenters. The number of benzene rings is 1. The van der Waals surface area contributed by atoms with E-state index in [1.807, 2.05) is 35.0 Å². The van der Waals surface area contributed by atoms with Crippen LogP contribution in [0.3, 0.4) is 0 Å². The van der Waals surface area contributed by atoms with E-state index in [4.69, 9.17) is 9.84 Å². The number of hydrogen-bond donors (Lipinski definition) is 1. The Morgan fingerprint density at radius 2 is 1.88 bits per heavy atom. The molecule has 1 fully saturated rings. The molecule has 0 bridgehead atoms. The number of ether oxygens (including phenoxy) is 1. The molecule has 1 aromatic carbocycles. The highest BCUT2D eigenvalue weighted by atomic mass is 16.5. The zero-order valence-corrected chi connectivity index (χ0v) is 15.1. The number of hydrogen-bond acceptors (Lipinski definition) is 4. The molecule has 26 heavy (non-hydrogen) atoms. The Labute approximate surface area is 154 Å². The minimum atomic E-state index is -0.0499. The van der Waals surface area contributed by atoms with E-state index in [1.54, 1.807) is 0 Å². The van der Waals surface area contributed by atoms with Crippen LogP contribution >= 0.6 is 0 Å². The average Bonchev–Trinajstić information content (AvgIpc) is 3.09. The number of nitrogens with one attached hydrogen (secondary N) is 1. The van der Waals surface area contributed by atoms with Gasteiger partial charge in [0.25, 0.3) is 5.91 Å². The van der Waals surface area contributed by atoms with E-state index in [2.05, 4.69) is 10.2 Å². The number of rotatable bonds is 5. The Kier molecular flexibility index (Phi) is 5.32. The van der Waals surface area contributed by atoms with Gasteiger partial charge >= 0.3 is 0 Å². The molecule has 1 amide bonds. The first-order valence-electron chi connectivity index (χ1n) is 9.57.